The number of methoxy groups -OCH3 is 1. The van der Waals surface area contributed by atoms with E-state index < -0.39 is 23.8 Å². The molecule has 31 heavy (non-hydrogen) atoms. The highest BCUT2D eigenvalue weighted by Gasteiger charge is 2.42. The zero-order valence-corrected chi connectivity index (χ0v) is 17.3. The van der Waals surface area contributed by atoms with Crippen LogP contribution in [0.25, 0.3) is 0 Å². The van der Waals surface area contributed by atoms with Crippen LogP contribution >= 0.6 is 0 Å². The summed E-state index contributed by atoms with van der Waals surface area (Å²) in [5.74, 6) is -0.886. The fraction of sp³-hybridized carbons (Fsp3) is 0.160. The quantitative estimate of drug-likeness (QED) is 0.622. The monoisotopic (exact) mass is 414 g/mol. The number of nitrogens with one attached hydrogen (secondary N) is 1. The normalized spacial score (nSPS) is 13.7. The maximum Gasteiger partial charge on any atom is 0.262 e. The molecule has 0 saturated carbocycles. The molecule has 156 valence electrons. The summed E-state index contributed by atoms with van der Waals surface area (Å²) in [4.78, 5) is 40.6. The summed E-state index contributed by atoms with van der Waals surface area (Å²) in [6.45, 7) is 1.90. The molecule has 0 saturated heterocycles. The van der Waals surface area contributed by atoms with Gasteiger partial charge in [-0.3, -0.25) is 19.3 Å². The van der Waals surface area contributed by atoms with Crippen LogP contribution in [0.15, 0.2) is 72.8 Å². The Labute approximate surface area is 180 Å². The van der Waals surface area contributed by atoms with Crippen molar-refractivity contribution in [3.63, 3.8) is 0 Å². The lowest BCUT2D eigenvalue weighted by Crippen LogP contribution is -2.48. The number of imide groups is 1. The van der Waals surface area contributed by atoms with Gasteiger partial charge in [0.25, 0.3) is 11.8 Å². The van der Waals surface area contributed by atoms with Gasteiger partial charge in [-0.15, -0.1) is 0 Å². The van der Waals surface area contributed by atoms with Crippen LogP contribution in [0.2, 0.25) is 0 Å². The first-order valence-electron chi connectivity index (χ1n) is 9.96. The van der Waals surface area contributed by atoms with Gasteiger partial charge < -0.3 is 10.1 Å². The number of carbonyl (C=O) groups is 3. The third kappa shape index (κ3) is 3.92. The maximum atomic E-state index is 13.4. The molecule has 0 fully saturated rings. The molecule has 6 nitrogen and oxygen atoms in total. The van der Waals surface area contributed by atoms with Crippen molar-refractivity contribution in [2.75, 3.05) is 12.4 Å². The second-order valence-electron chi connectivity index (χ2n) is 7.42. The topological polar surface area (TPSA) is 75.7 Å². The van der Waals surface area contributed by atoms with Gasteiger partial charge in [0, 0.05) is 6.42 Å². The van der Waals surface area contributed by atoms with Crippen molar-refractivity contribution in [2.24, 2.45) is 0 Å². The van der Waals surface area contributed by atoms with Crippen LogP contribution in [0.5, 0.6) is 5.75 Å². The van der Waals surface area contributed by atoms with Crippen molar-refractivity contribution in [3.8, 4) is 5.75 Å². The molecule has 0 radical (unpaired) electrons. The van der Waals surface area contributed by atoms with Crippen LogP contribution in [0.1, 0.15) is 31.8 Å². The number of aryl methyl sites for hydroxylation is 1. The number of rotatable bonds is 6. The standard InChI is InChI=1S/C25H22N2O4/c1-16-12-13-22(31-2)20(14-16)26-23(28)21(15-17-8-4-3-5-9-17)27-24(29)18-10-6-7-11-19(18)25(27)30/h3-14,21H,15H2,1-2H3,(H,26,28). The number of anilines is 1. The molecule has 4 rings (SSSR count). The summed E-state index contributed by atoms with van der Waals surface area (Å²) in [7, 11) is 1.52. The number of ether oxygens (including phenoxy) is 1. The molecule has 0 aromatic heterocycles. The molecule has 3 aromatic carbocycles. The Hall–Kier alpha value is -3.93. The number of hydrogen-bond acceptors (Lipinski definition) is 4. The van der Waals surface area contributed by atoms with E-state index in [1.54, 1.807) is 36.4 Å². The number of benzene rings is 3. The van der Waals surface area contributed by atoms with E-state index in [9.17, 15) is 14.4 Å². The molecule has 1 aliphatic heterocycles. The molecule has 1 atom stereocenters. The molecule has 3 amide bonds. The van der Waals surface area contributed by atoms with Crippen LogP contribution in [-0.4, -0.2) is 35.8 Å². The largest absolute Gasteiger partial charge is 0.495 e. The van der Waals surface area contributed by atoms with Crippen LogP contribution in [0.3, 0.4) is 0 Å². The Bertz CT molecular complexity index is 1120. The first-order valence-corrected chi connectivity index (χ1v) is 9.96. The maximum absolute atomic E-state index is 13.4. The van der Waals surface area contributed by atoms with Crippen molar-refractivity contribution in [1.82, 2.24) is 4.90 Å². The Balaban J connectivity index is 1.70. The van der Waals surface area contributed by atoms with E-state index >= 15 is 0 Å². The average Bonchev–Trinajstić information content (AvgIpc) is 3.03. The van der Waals surface area contributed by atoms with Gasteiger partial charge in [0.1, 0.15) is 11.8 Å². The van der Waals surface area contributed by atoms with Crippen molar-refractivity contribution in [1.29, 1.82) is 0 Å². The third-order valence-electron chi connectivity index (χ3n) is 5.32. The summed E-state index contributed by atoms with van der Waals surface area (Å²) in [5, 5.41) is 2.86. The molecule has 1 unspecified atom stereocenters. The smallest absolute Gasteiger partial charge is 0.262 e. The van der Waals surface area contributed by atoms with E-state index in [1.807, 2.05) is 43.3 Å². The van der Waals surface area contributed by atoms with Crippen molar-refractivity contribution in [3.05, 3.63) is 95.1 Å². The van der Waals surface area contributed by atoms with Gasteiger partial charge in [0.2, 0.25) is 5.91 Å². The fourth-order valence-corrected chi connectivity index (χ4v) is 3.77. The summed E-state index contributed by atoms with van der Waals surface area (Å²) in [6.07, 6.45) is 0.201. The molecule has 6 heteroatoms. The van der Waals surface area contributed by atoms with Gasteiger partial charge in [-0.25, -0.2) is 0 Å². The molecule has 0 spiro atoms. The zero-order chi connectivity index (χ0) is 22.0. The van der Waals surface area contributed by atoms with Gasteiger partial charge in [0.05, 0.1) is 23.9 Å². The molecule has 3 aromatic rings. The van der Waals surface area contributed by atoms with Crippen LogP contribution in [0.4, 0.5) is 5.69 Å². The number of carbonyl (C=O) groups excluding carboxylic acids is 3. The van der Waals surface area contributed by atoms with E-state index in [0.717, 1.165) is 16.0 Å². The summed E-state index contributed by atoms with van der Waals surface area (Å²) in [6, 6.07) is 20.4. The van der Waals surface area contributed by atoms with Crippen LogP contribution in [-0.2, 0) is 11.2 Å². The highest BCUT2D eigenvalue weighted by atomic mass is 16.5. The highest BCUT2D eigenvalue weighted by Crippen LogP contribution is 2.29. The predicted octanol–water partition coefficient (Wildman–Crippen LogP) is 3.85. The lowest BCUT2D eigenvalue weighted by atomic mass is 10.0. The van der Waals surface area contributed by atoms with Crippen LogP contribution < -0.4 is 10.1 Å². The van der Waals surface area contributed by atoms with E-state index in [2.05, 4.69) is 5.32 Å². The van der Waals surface area contributed by atoms with Gasteiger partial charge >= 0.3 is 0 Å². The molecule has 0 bridgehead atoms. The van der Waals surface area contributed by atoms with E-state index in [0.29, 0.717) is 22.6 Å². The third-order valence-corrected chi connectivity index (χ3v) is 5.32. The Kier molecular flexibility index (Phi) is 5.54. The molecule has 0 aliphatic carbocycles. The Morgan fingerprint density at radius 3 is 2.16 bits per heavy atom. The number of nitrogens with zero attached hydrogens (tertiary/aromatic N) is 1. The van der Waals surface area contributed by atoms with E-state index in [4.69, 9.17) is 4.74 Å². The minimum Gasteiger partial charge on any atom is -0.495 e. The minimum atomic E-state index is -1.01. The number of fused-ring (bicyclic) bond motifs is 1. The predicted molar refractivity (Wildman–Crippen MR) is 117 cm³/mol. The fourth-order valence-electron chi connectivity index (χ4n) is 3.77. The van der Waals surface area contributed by atoms with Crippen LogP contribution in [0, 0.1) is 6.92 Å². The first kappa shape index (κ1) is 20.3. The zero-order valence-electron chi connectivity index (χ0n) is 17.3. The minimum absolute atomic E-state index is 0.201. The lowest BCUT2D eigenvalue weighted by molar-refractivity contribution is -0.119. The molecular formula is C25H22N2O4. The highest BCUT2D eigenvalue weighted by molar-refractivity contribution is 6.23. The Morgan fingerprint density at radius 1 is 0.935 bits per heavy atom. The molecule has 1 heterocycles. The van der Waals surface area contributed by atoms with Crippen molar-refractivity contribution >= 4 is 23.4 Å². The second kappa shape index (κ2) is 8.44. The second-order valence-corrected chi connectivity index (χ2v) is 7.42. The van der Waals surface area contributed by atoms with Gasteiger partial charge in [0.15, 0.2) is 0 Å². The first-order chi connectivity index (χ1) is 15.0. The molecule has 1 aliphatic rings. The van der Waals surface area contributed by atoms with Crippen molar-refractivity contribution < 1.29 is 19.1 Å². The number of hydrogen-bond donors (Lipinski definition) is 1. The summed E-state index contributed by atoms with van der Waals surface area (Å²) < 4.78 is 5.36. The van der Waals surface area contributed by atoms with Gasteiger partial charge in [-0.2, -0.15) is 0 Å². The Morgan fingerprint density at radius 2 is 1.55 bits per heavy atom. The number of amides is 3. The molecule has 1 N–H and O–H groups in total. The van der Waals surface area contributed by atoms with Gasteiger partial charge in [-0.1, -0.05) is 48.5 Å². The average molecular weight is 414 g/mol. The molecular weight excluding hydrogens is 392 g/mol. The van der Waals surface area contributed by atoms with Crippen molar-refractivity contribution in [2.45, 2.75) is 19.4 Å². The SMILES string of the molecule is COc1ccc(C)cc1NC(=O)C(Cc1ccccc1)N1C(=O)c2ccccc2C1=O. The lowest BCUT2D eigenvalue weighted by Gasteiger charge is -2.26. The summed E-state index contributed by atoms with van der Waals surface area (Å²) >= 11 is 0. The van der Waals surface area contributed by atoms with E-state index in [1.165, 1.54) is 7.11 Å². The van der Waals surface area contributed by atoms with E-state index in [-0.39, 0.29) is 6.42 Å². The van der Waals surface area contributed by atoms with Gasteiger partial charge in [-0.05, 0) is 42.3 Å². The summed E-state index contributed by atoms with van der Waals surface area (Å²) in [5.41, 5.74) is 2.90.